The topological polar surface area (TPSA) is 90.4 Å². The zero-order valence-corrected chi connectivity index (χ0v) is 10.6. The Balaban J connectivity index is 2.46. The number of anilines is 1. The van der Waals surface area contributed by atoms with Crippen LogP contribution in [0.15, 0.2) is 29.4 Å². The van der Waals surface area contributed by atoms with Crippen LogP contribution in [0.3, 0.4) is 0 Å². The van der Waals surface area contributed by atoms with E-state index in [0.717, 1.165) is 5.75 Å². The van der Waals surface area contributed by atoms with E-state index < -0.39 is 0 Å². The minimum absolute atomic E-state index is 0.225. The maximum absolute atomic E-state index is 8.51. The molecule has 1 N–H and O–H groups in total. The predicted molar refractivity (Wildman–Crippen MR) is 70.7 cm³/mol. The number of rotatable bonds is 7. The summed E-state index contributed by atoms with van der Waals surface area (Å²) < 4.78 is 10.6. The lowest BCUT2D eigenvalue weighted by atomic mass is 10.3. The Labute approximate surface area is 111 Å². The van der Waals surface area contributed by atoms with Crippen molar-refractivity contribution in [2.45, 2.75) is 6.92 Å². The molecule has 0 atom stereocenters. The van der Waals surface area contributed by atoms with Crippen LogP contribution in [0, 0.1) is 22.7 Å². The SMILES string of the molecule is CCOCCOc1ccc(NN=C(C#N)C#N)cc1. The van der Waals surface area contributed by atoms with Gasteiger partial charge >= 0.3 is 0 Å². The van der Waals surface area contributed by atoms with Crippen molar-refractivity contribution >= 4 is 11.4 Å². The molecule has 0 aromatic heterocycles. The lowest BCUT2D eigenvalue weighted by molar-refractivity contribution is 0.110. The van der Waals surface area contributed by atoms with Crippen molar-refractivity contribution in [3.05, 3.63) is 24.3 Å². The highest BCUT2D eigenvalue weighted by Gasteiger charge is 1.96. The highest BCUT2D eigenvalue weighted by Crippen LogP contribution is 2.15. The van der Waals surface area contributed by atoms with Crippen molar-refractivity contribution in [1.82, 2.24) is 0 Å². The number of ether oxygens (including phenoxy) is 2. The first-order valence-electron chi connectivity index (χ1n) is 5.74. The summed E-state index contributed by atoms with van der Waals surface area (Å²) >= 11 is 0. The second-order valence-electron chi connectivity index (χ2n) is 3.37. The second kappa shape index (κ2) is 8.51. The molecule has 1 aromatic rings. The number of benzene rings is 1. The third-order valence-electron chi connectivity index (χ3n) is 2.06. The summed E-state index contributed by atoms with van der Waals surface area (Å²) in [5.74, 6) is 0.718. The predicted octanol–water partition coefficient (Wildman–Crippen LogP) is 1.92. The molecule has 1 aromatic carbocycles. The molecular weight excluding hydrogens is 244 g/mol. The van der Waals surface area contributed by atoms with Gasteiger partial charge in [0.25, 0.3) is 0 Å². The Hall–Kier alpha value is -2.57. The maximum atomic E-state index is 8.51. The van der Waals surface area contributed by atoms with E-state index in [1.54, 1.807) is 36.4 Å². The lowest BCUT2D eigenvalue weighted by Crippen LogP contribution is -2.06. The van der Waals surface area contributed by atoms with Crippen molar-refractivity contribution in [3.8, 4) is 17.9 Å². The normalized spacial score (nSPS) is 9.00. The first-order valence-corrected chi connectivity index (χ1v) is 5.74. The highest BCUT2D eigenvalue weighted by atomic mass is 16.5. The Morgan fingerprint density at radius 1 is 1.21 bits per heavy atom. The summed E-state index contributed by atoms with van der Waals surface area (Å²) in [6.45, 7) is 3.64. The van der Waals surface area contributed by atoms with Crippen molar-refractivity contribution < 1.29 is 9.47 Å². The van der Waals surface area contributed by atoms with Gasteiger partial charge in [-0.25, -0.2) is 0 Å². The van der Waals surface area contributed by atoms with Crippen LogP contribution in [-0.2, 0) is 4.74 Å². The summed E-state index contributed by atoms with van der Waals surface area (Å²) in [6.07, 6.45) is 0. The van der Waals surface area contributed by atoms with E-state index in [0.29, 0.717) is 25.5 Å². The number of nitrogens with zero attached hydrogens (tertiary/aromatic N) is 3. The van der Waals surface area contributed by atoms with E-state index in [9.17, 15) is 0 Å². The van der Waals surface area contributed by atoms with Gasteiger partial charge in [0, 0.05) is 6.61 Å². The van der Waals surface area contributed by atoms with Crippen LogP contribution in [-0.4, -0.2) is 25.5 Å². The van der Waals surface area contributed by atoms with E-state index in [4.69, 9.17) is 20.0 Å². The monoisotopic (exact) mass is 258 g/mol. The molecule has 0 radical (unpaired) electrons. The quantitative estimate of drug-likeness (QED) is 0.458. The van der Waals surface area contributed by atoms with Crippen LogP contribution < -0.4 is 10.2 Å². The van der Waals surface area contributed by atoms with Crippen LogP contribution in [0.4, 0.5) is 5.69 Å². The molecule has 0 aliphatic heterocycles. The molecule has 0 aliphatic carbocycles. The summed E-state index contributed by atoms with van der Waals surface area (Å²) in [7, 11) is 0. The first kappa shape index (κ1) is 14.5. The van der Waals surface area contributed by atoms with Crippen LogP contribution in [0.1, 0.15) is 6.92 Å². The molecule has 98 valence electrons. The zero-order chi connectivity index (χ0) is 13.9. The largest absolute Gasteiger partial charge is 0.491 e. The zero-order valence-electron chi connectivity index (χ0n) is 10.6. The lowest BCUT2D eigenvalue weighted by Gasteiger charge is -2.06. The third kappa shape index (κ3) is 5.53. The number of hydrazone groups is 1. The van der Waals surface area contributed by atoms with Crippen molar-refractivity contribution in [1.29, 1.82) is 10.5 Å². The van der Waals surface area contributed by atoms with Crippen LogP contribution in [0.5, 0.6) is 5.75 Å². The molecule has 0 spiro atoms. The average molecular weight is 258 g/mol. The van der Waals surface area contributed by atoms with Gasteiger partial charge in [-0.1, -0.05) is 0 Å². The average Bonchev–Trinajstić information content (AvgIpc) is 2.46. The Bertz CT molecular complexity index is 481. The summed E-state index contributed by atoms with van der Waals surface area (Å²) in [5.41, 5.74) is 3.05. The molecule has 0 amide bonds. The molecule has 0 bridgehead atoms. The standard InChI is InChI=1S/C13H14N4O2/c1-2-18-7-8-19-13-5-3-11(4-6-13)16-17-12(9-14)10-15/h3-6,16H,2,7-8H2,1H3. The Morgan fingerprint density at radius 3 is 2.47 bits per heavy atom. The molecule has 0 saturated carbocycles. The third-order valence-corrected chi connectivity index (χ3v) is 2.06. The molecule has 0 heterocycles. The molecule has 0 saturated heterocycles. The van der Waals surface area contributed by atoms with Crippen molar-refractivity contribution in [2.24, 2.45) is 5.10 Å². The van der Waals surface area contributed by atoms with Gasteiger partial charge in [-0.3, -0.25) is 5.43 Å². The highest BCUT2D eigenvalue weighted by molar-refractivity contribution is 6.10. The van der Waals surface area contributed by atoms with Gasteiger partial charge in [-0.05, 0) is 31.2 Å². The maximum Gasteiger partial charge on any atom is 0.237 e. The minimum Gasteiger partial charge on any atom is -0.491 e. The fourth-order valence-corrected chi connectivity index (χ4v) is 1.18. The van der Waals surface area contributed by atoms with E-state index in [2.05, 4.69) is 10.5 Å². The van der Waals surface area contributed by atoms with Crippen LogP contribution in [0.2, 0.25) is 0 Å². The molecule has 6 nitrogen and oxygen atoms in total. The van der Waals surface area contributed by atoms with E-state index >= 15 is 0 Å². The smallest absolute Gasteiger partial charge is 0.237 e. The van der Waals surface area contributed by atoms with Gasteiger partial charge < -0.3 is 9.47 Å². The molecule has 6 heteroatoms. The fraction of sp³-hybridized carbons (Fsp3) is 0.308. The fourth-order valence-electron chi connectivity index (χ4n) is 1.18. The van der Waals surface area contributed by atoms with Gasteiger partial charge in [-0.15, -0.1) is 0 Å². The number of hydrogen-bond acceptors (Lipinski definition) is 6. The van der Waals surface area contributed by atoms with Gasteiger partial charge in [0.05, 0.1) is 12.3 Å². The minimum atomic E-state index is -0.225. The van der Waals surface area contributed by atoms with E-state index in [-0.39, 0.29) is 5.71 Å². The van der Waals surface area contributed by atoms with Gasteiger partial charge in [0.2, 0.25) is 5.71 Å². The molecular formula is C13H14N4O2. The van der Waals surface area contributed by atoms with Gasteiger partial charge in [0.15, 0.2) is 0 Å². The number of hydrogen-bond donors (Lipinski definition) is 1. The Morgan fingerprint density at radius 2 is 1.89 bits per heavy atom. The van der Waals surface area contributed by atoms with Crippen LogP contribution >= 0.6 is 0 Å². The Kier molecular flexibility index (Phi) is 6.49. The molecule has 0 fully saturated rings. The second-order valence-corrected chi connectivity index (χ2v) is 3.37. The number of nitrogens with one attached hydrogen (secondary N) is 1. The molecule has 0 aliphatic rings. The number of nitriles is 2. The van der Waals surface area contributed by atoms with Crippen molar-refractivity contribution in [2.75, 3.05) is 25.2 Å². The van der Waals surface area contributed by atoms with Crippen molar-refractivity contribution in [3.63, 3.8) is 0 Å². The van der Waals surface area contributed by atoms with E-state index in [1.807, 2.05) is 6.92 Å². The van der Waals surface area contributed by atoms with Crippen LogP contribution in [0.25, 0.3) is 0 Å². The van der Waals surface area contributed by atoms with Gasteiger partial charge in [0.1, 0.15) is 24.5 Å². The summed E-state index contributed by atoms with van der Waals surface area (Å²) in [5, 5.41) is 20.7. The summed E-state index contributed by atoms with van der Waals surface area (Å²) in [6, 6.07) is 10.3. The molecule has 1 rings (SSSR count). The summed E-state index contributed by atoms with van der Waals surface area (Å²) in [4.78, 5) is 0. The first-order chi connectivity index (χ1) is 9.30. The van der Waals surface area contributed by atoms with E-state index in [1.165, 1.54) is 0 Å². The molecule has 0 unspecified atom stereocenters. The molecule has 19 heavy (non-hydrogen) atoms. The van der Waals surface area contributed by atoms with Gasteiger partial charge in [-0.2, -0.15) is 15.6 Å².